The van der Waals surface area contributed by atoms with Crippen molar-refractivity contribution in [2.45, 2.75) is 4.90 Å². The van der Waals surface area contributed by atoms with Crippen LogP contribution in [0, 0.1) is 0 Å². The minimum absolute atomic E-state index is 0.143. The molecule has 3 rings (SSSR count). The Bertz CT molecular complexity index is 817. The predicted molar refractivity (Wildman–Crippen MR) is 95.0 cm³/mol. The number of hydrogen-bond acceptors (Lipinski definition) is 5. The van der Waals surface area contributed by atoms with Gasteiger partial charge in [0.15, 0.2) is 11.5 Å². The first-order valence-electron chi connectivity index (χ1n) is 7.26. The highest BCUT2D eigenvalue weighted by Gasteiger charge is 2.21. The van der Waals surface area contributed by atoms with Gasteiger partial charge in [-0.2, -0.15) is 0 Å². The number of fused-ring (bicyclic) bond motifs is 1. The summed E-state index contributed by atoms with van der Waals surface area (Å²) in [5.41, 5.74) is 1.57. The second-order valence-electron chi connectivity index (χ2n) is 5.01. The third-order valence-corrected chi connectivity index (χ3v) is 4.70. The molecule has 0 aromatic heterocycles. The quantitative estimate of drug-likeness (QED) is 0.856. The average Bonchev–Trinajstić information content (AvgIpc) is 2.61. The number of carbonyl (C=O) groups is 1. The van der Waals surface area contributed by atoms with Crippen LogP contribution in [0.25, 0.3) is 6.08 Å². The van der Waals surface area contributed by atoms with E-state index in [0.717, 1.165) is 16.1 Å². The minimum Gasteiger partial charge on any atom is -0.496 e. The number of thioether (sulfide) groups is 1. The van der Waals surface area contributed by atoms with Crippen molar-refractivity contribution < 1.29 is 19.0 Å². The smallest absolute Gasteiger partial charge is 0.262 e. The summed E-state index contributed by atoms with van der Waals surface area (Å²) >= 11 is 1.42. The number of ether oxygens (including phenoxy) is 3. The molecule has 2 aromatic carbocycles. The minimum atomic E-state index is -0.143. The Morgan fingerprint density at radius 1 is 0.958 bits per heavy atom. The van der Waals surface area contributed by atoms with Crippen LogP contribution in [0.3, 0.4) is 0 Å². The molecule has 1 N–H and O–H groups in total. The van der Waals surface area contributed by atoms with Crippen LogP contribution in [-0.4, -0.2) is 27.2 Å². The number of benzene rings is 2. The van der Waals surface area contributed by atoms with Crippen LogP contribution in [0.2, 0.25) is 0 Å². The Morgan fingerprint density at radius 2 is 1.62 bits per heavy atom. The van der Waals surface area contributed by atoms with Gasteiger partial charge in [-0.25, -0.2) is 0 Å². The zero-order valence-electron chi connectivity index (χ0n) is 13.6. The number of nitrogens with one attached hydrogen (secondary N) is 1. The molecular weight excluding hydrogens is 326 g/mol. The van der Waals surface area contributed by atoms with Crippen LogP contribution in [0.5, 0.6) is 17.2 Å². The lowest BCUT2D eigenvalue weighted by Gasteiger charge is -2.19. The van der Waals surface area contributed by atoms with Crippen molar-refractivity contribution in [1.29, 1.82) is 0 Å². The molecular formula is C18H17NO4S. The summed E-state index contributed by atoms with van der Waals surface area (Å²) in [5, 5.41) is 2.89. The van der Waals surface area contributed by atoms with E-state index in [2.05, 4.69) is 5.32 Å². The van der Waals surface area contributed by atoms with Crippen molar-refractivity contribution in [2.24, 2.45) is 0 Å². The van der Waals surface area contributed by atoms with Gasteiger partial charge in [-0.05, 0) is 24.3 Å². The van der Waals surface area contributed by atoms with E-state index < -0.39 is 0 Å². The first kappa shape index (κ1) is 16.3. The summed E-state index contributed by atoms with van der Waals surface area (Å²) < 4.78 is 16.0. The standard InChI is InChI=1S/C18H17NO4S/c1-21-13-10-15(23-3)14(22-2)8-11(13)9-17-18(20)19-12-6-4-5-7-16(12)24-17/h4-10H,1-3H3,(H,19,20). The first-order valence-corrected chi connectivity index (χ1v) is 8.08. The topological polar surface area (TPSA) is 56.8 Å². The number of hydrogen-bond donors (Lipinski definition) is 1. The fourth-order valence-corrected chi connectivity index (χ4v) is 3.35. The molecule has 0 radical (unpaired) electrons. The molecule has 1 heterocycles. The van der Waals surface area contributed by atoms with Crippen molar-refractivity contribution >= 4 is 29.4 Å². The maximum Gasteiger partial charge on any atom is 0.262 e. The van der Waals surface area contributed by atoms with E-state index in [1.54, 1.807) is 39.5 Å². The number of rotatable bonds is 4. The molecule has 24 heavy (non-hydrogen) atoms. The maximum absolute atomic E-state index is 12.3. The highest BCUT2D eigenvalue weighted by atomic mass is 32.2. The molecule has 0 aliphatic carbocycles. The van der Waals surface area contributed by atoms with Crippen LogP contribution in [-0.2, 0) is 4.79 Å². The molecule has 2 aromatic rings. The largest absolute Gasteiger partial charge is 0.496 e. The second-order valence-corrected chi connectivity index (χ2v) is 6.09. The van der Waals surface area contributed by atoms with Gasteiger partial charge in [0.05, 0.1) is 31.9 Å². The van der Waals surface area contributed by atoms with Crippen molar-refractivity contribution in [3.63, 3.8) is 0 Å². The molecule has 1 aliphatic heterocycles. The Hall–Kier alpha value is -2.60. The van der Waals surface area contributed by atoms with E-state index >= 15 is 0 Å². The molecule has 0 saturated carbocycles. The van der Waals surface area contributed by atoms with E-state index in [4.69, 9.17) is 14.2 Å². The molecule has 6 heteroatoms. The maximum atomic E-state index is 12.3. The third-order valence-electron chi connectivity index (χ3n) is 3.60. The summed E-state index contributed by atoms with van der Waals surface area (Å²) in [6, 6.07) is 11.2. The molecule has 0 atom stereocenters. The summed E-state index contributed by atoms with van der Waals surface area (Å²) in [5.74, 6) is 1.61. The summed E-state index contributed by atoms with van der Waals surface area (Å²) in [7, 11) is 4.71. The molecule has 0 saturated heterocycles. The SMILES string of the molecule is COc1cc(OC)c(OC)cc1C=C1Sc2ccccc2NC1=O. The van der Waals surface area contributed by atoms with E-state index in [9.17, 15) is 4.79 Å². The van der Waals surface area contributed by atoms with Gasteiger partial charge in [-0.1, -0.05) is 23.9 Å². The van der Waals surface area contributed by atoms with Crippen LogP contribution in [0.4, 0.5) is 5.69 Å². The van der Waals surface area contributed by atoms with Gasteiger partial charge in [-0.3, -0.25) is 4.79 Å². The summed E-state index contributed by atoms with van der Waals surface area (Å²) in [6.07, 6.45) is 1.79. The zero-order valence-corrected chi connectivity index (χ0v) is 14.4. The number of para-hydroxylation sites is 1. The molecule has 5 nitrogen and oxygen atoms in total. The van der Waals surface area contributed by atoms with Crippen LogP contribution in [0.15, 0.2) is 46.2 Å². The lowest BCUT2D eigenvalue weighted by Crippen LogP contribution is -2.17. The first-order chi connectivity index (χ1) is 11.7. The van der Waals surface area contributed by atoms with E-state index in [0.29, 0.717) is 22.2 Å². The van der Waals surface area contributed by atoms with Crippen molar-refractivity contribution in [3.05, 3.63) is 46.9 Å². The van der Waals surface area contributed by atoms with Gasteiger partial charge in [0, 0.05) is 16.5 Å². The van der Waals surface area contributed by atoms with Gasteiger partial charge in [0.25, 0.3) is 5.91 Å². The van der Waals surface area contributed by atoms with Crippen LogP contribution < -0.4 is 19.5 Å². The van der Waals surface area contributed by atoms with Crippen LogP contribution in [0.1, 0.15) is 5.56 Å². The van der Waals surface area contributed by atoms with Crippen molar-refractivity contribution in [3.8, 4) is 17.2 Å². The van der Waals surface area contributed by atoms with Gasteiger partial charge >= 0.3 is 0 Å². The van der Waals surface area contributed by atoms with E-state index in [1.807, 2.05) is 24.3 Å². The molecule has 0 unspecified atom stereocenters. The Kier molecular flexibility index (Phi) is 4.66. The predicted octanol–water partition coefficient (Wildman–Crippen LogP) is 3.80. The molecule has 0 spiro atoms. The molecule has 0 fully saturated rings. The normalized spacial score (nSPS) is 14.8. The molecule has 124 valence electrons. The number of methoxy groups -OCH3 is 3. The molecule has 1 aliphatic rings. The fraction of sp³-hybridized carbons (Fsp3) is 0.167. The highest BCUT2D eigenvalue weighted by molar-refractivity contribution is 8.04. The monoisotopic (exact) mass is 343 g/mol. The fourth-order valence-electron chi connectivity index (χ4n) is 2.41. The molecule has 0 bridgehead atoms. The van der Waals surface area contributed by atoms with Gasteiger partial charge in [0.1, 0.15) is 5.75 Å². The summed E-state index contributed by atoms with van der Waals surface area (Å²) in [6.45, 7) is 0. The third kappa shape index (κ3) is 3.05. The second kappa shape index (κ2) is 6.88. The van der Waals surface area contributed by atoms with Gasteiger partial charge in [0.2, 0.25) is 0 Å². The lowest BCUT2D eigenvalue weighted by molar-refractivity contribution is -0.112. The highest BCUT2D eigenvalue weighted by Crippen LogP contribution is 2.41. The lowest BCUT2D eigenvalue weighted by atomic mass is 10.1. The Labute approximate surface area is 144 Å². The van der Waals surface area contributed by atoms with E-state index in [1.165, 1.54) is 11.8 Å². The number of amides is 1. The zero-order chi connectivity index (χ0) is 17.1. The van der Waals surface area contributed by atoms with Gasteiger partial charge < -0.3 is 19.5 Å². The van der Waals surface area contributed by atoms with Crippen molar-refractivity contribution in [2.75, 3.05) is 26.6 Å². The average molecular weight is 343 g/mol. The Morgan fingerprint density at radius 3 is 2.33 bits per heavy atom. The summed E-state index contributed by atoms with van der Waals surface area (Å²) in [4.78, 5) is 13.9. The van der Waals surface area contributed by atoms with Crippen molar-refractivity contribution in [1.82, 2.24) is 0 Å². The van der Waals surface area contributed by atoms with Gasteiger partial charge in [-0.15, -0.1) is 0 Å². The van der Waals surface area contributed by atoms with E-state index in [-0.39, 0.29) is 5.91 Å². The van der Waals surface area contributed by atoms with Crippen LogP contribution >= 0.6 is 11.8 Å². The Balaban J connectivity index is 2.03. The number of carbonyl (C=O) groups excluding carboxylic acids is 1. The number of anilines is 1. The molecule has 1 amide bonds.